The van der Waals surface area contributed by atoms with Gasteiger partial charge in [-0.3, -0.25) is 0 Å². The Morgan fingerprint density at radius 1 is 0.362 bits per heavy atom. The Hall–Kier alpha value is -5.74. The Morgan fingerprint density at radius 3 is 1.00 bits per heavy atom. The van der Waals surface area contributed by atoms with E-state index in [0.717, 1.165) is 13.1 Å². The van der Waals surface area contributed by atoms with Gasteiger partial charge in [-0.15, -0.1) is 0 Å². The predicted molar refractivity (Wildman–Crippen MR) is 188 cm³/mol. The molecule has 0 radical (unpaired) electrons. The second kappa shape index (κ2) is 14.1. The molecule has 0 bridgehead atoms. The zero-order valence-corrected chi connectivity index (χ0v) is 26.4. The number of nitrogens with zero attached hydrogens (tertiary/aromatic N) is 4. The molecule has 0 spiro atoms. The average molecular weight is 615 g/mol. The van der Waals surface area contributed by atoms with Crippen molar-refractivity contribution in [3.8, 4) is 33.6 Å². The summed E-state index contributed by atoms with van der Waals surface area (Å²) in [5.41, 5.74) is 12.4. The second-order valence-corrected chi connectivity index (χ2v) is 11.8. The molecular weight excluding hydrogens is 573 g/mol. The van der Waals surface area contributed by atoms with Crippen LogP contribution in [0.15, 0.2) is 171 Å². The summed E-state index contributed by atoms with van der Waals surface area (Å²) in [4.78, 5) is 0. The highest BCUT2D eigenvalue weighted by Crippen LogP contribution is 2.19. The molecule has 3 aromatic carbocycles. The smallest absolute Gasteiger partial charge is 0.201 e. The van der Waals surface area contributed by atoms with E-state index in [0.29, 0.717) is 0 Å². The fourth-order valence-corrected chi connectivity index (χ4v) is 6.04. The Morgan fingerprint density at radius 2 is 0.660 bits per heavy atom. The van der Waals surface area contributed by atoms with Crippen LogP contribution in [0.1, 0.15) is 29.7 Å². The first-order valence-corrected chi connectivity index (χ1v) is 15.8. The third-order valence-corrected chi connectivity index (χ3v) is 8.72. The lowest BCUT2D eigenvalue weighted by atomic mass is 10.1. The Kier molecular flexibility index (Phi) is 9.40. The second-order valence-electron chi connectivity index (χ2n) is 11.8. The van der Waals surface area contributed by atoms with Gasteiger partial charge >= 0.3 is 0 Å². The number of aryl methyl sites for hydroxylation is 2. The van der Waals surface area contributed by atoms with Crippen molar-refractivity contribution in [3.05, 3.63) is 193 Å². The molecule has 0 fully saturated rings. The van der Waals surface area contributed by atoms with Crippen molar-refractivity contribution >= 4 is 0 Å². The van der Waals surface area contributed by atoms with Crippen molar-refractivity contribution in [2.45, 2.75) is 34.4 Å². The van der Waals surface area contributed by atoms with E-state index < -0.39 is 0 Å². The maximum absolute atomic E-state index is 2.26. The van der Waals surface area contributed by atoms with Crippen molar-refractivity contribution in [1.29, 1.82) is 0 Å². The van der Waals surface area contributed by atoms with Gasteiger partial charge in [0, 0.05) is 82.9 Å². The lowest BCUT2D eigenvalue weighted by Crippen LogP contribution is -2.36. The summed E-state index contributed by atoms with van der Waals surface area (Å²) >= 11 is 0. The minimum Gasteiger partial charge on any atom is -0.201 e. The van der Waals surface area contributed by atoms with Gasteiger partial charge in [0.2, 0.25) is 11.4 Å². The molecule has 4 heteroatoms. The molecule has 4 heterocycles. The minimum absolute atomic E-state index is 0. The van der Waals surface area contributed by atoms with E-state index in [9.17, 15) is 0 Å². The van der Waals surface area contributed by atoms with E-state index >= 15 is 0 Å². The van der Waals surface area contributed by atoms with Crippen LogP contribution in [0.5, 0.6) is 0 Å². The molecule has 0 atom stereocenters. The van der Waals surface area contributed by atoms with Crippen molar-refractivity contribution in [1.82, 2.24) is 0 Å². The maximum atomic E-state index is 2.26. The zero-order valence-electron chi connectivity index (χ0n) is 26.4. The molecular formula is C43H42N4+4. The molecule has 0 aliphatic carbocycles. The van der Waals surface area contributed by atoms with Gasteiger partial charge in [-0.25, -0.2) is 9.13 Å². The highest BCUT2D eigenvalue weighted by molar-refractivity contribution is 5.62. The first-order valence-electron chi connectivity index (χ1n) is 15.8. The van der Waals surface area contributed by atoms with Crippen molar-refractivity contribution in [2.24, 2.45) is 0 Å². The summed E-state index contributed by atoms with van der Waals surface area (Å²) < 4.78 is 8.86. The maximum Gasteiger partial charge on any atom is 0.213 e. The summed E-state index contributed by atoms with van der Waals surface area (Å²) in [5, 5.41) is 0. The lowest BCUT2D eigenvalue weighted by molar-refractivity contribution is -0.693. The number of rotatable bonds is 8. The Balaban J connectivity index is 0.00000386. The van der Waals surface area contributed by atoms with Gasteiger partial charge in [-0.1, -0.05) is 68.1 Å². The first kappa shape index (κ1) is 31.3. The van der Waals surface area contributed by atoms with Gasteiger partial charge in [-0.05, 0) is 36.1 Å². The van der Waals surface area contributed by atoms with Crippen LogP contribution >= 0.6 is 0 Å². The molecule has 47 heavy (non-hydrogen) atoms. The van der Waals surface area contributed by atoms with Crippen molar-refractivity contribution in [3.63, 3.8) is 0 Å². The average Bonchev–Trinajstić information content (AvgIpc) is 3.11. The van der Waals surface area contributed by atoms with E-state index in [2.05, 4.69) is 203 Å². The molecule has 230 valence electrons. The number of aromatic nitrogens is 4. The summed E-state index contributed by atoms with van der Waals surface area (Å²) in [6, 6.07) is 43.2. The molecule has 0 amide bonds. The van der Waals surface area contributed by atoms with Crippen LogP contribution in [0.25, 0.3) is 33.6 Å². The summed E-state index contributed by atoms with van der Waals surface area (Å²) in [7, 11) is 0. The minimum atomic E-state index is 0. The van der Waals surface area contributed by atoms with Gasteiger partial charge < -0.3 is 0 Å². The molecule has 0 saturated carbocycles. The normalized spacial score (nSPS) is 10.8. The number of hydrogen-bond donors (Lipinski definition) is 0. The monoisotopic (exact) mass is 614 g/mol. The Bertz CT molecular complexity index is 1930. The van der Waals surface area contributed by atoms with E-state index in [1.807, 2.05) is 0 Å². The zero-order chi connectivity index (χ0) is 31.3. The molecule has 7 rings (SSSR count). The Labute approximate surface area is 278 Å². The SMILES string of the molecule is C.Cc1ccccc1-[n+]1ccc(-c2cc[n+](Cc3ccccc3C[n+]3ccc(-c4cc[n+](-c5ccccc5C)cc4)cc3)cc2)cc1. The molecule has 4 nitrogen and oxygen atoms in total. The number of benzene rings is 3. The highest BCUT2D eigenvalue weighted by Gasteiger charge is 2.15. The van der Waals surface area contributed by atoms with Crippen molar-refractivity contribution < 1.29 is 18.3 Å². The topological polar surface area (TPSA) is 15.5 Å². The van der Waals surface area contributed by atoms with Gasteiger partial charge in [0.05, 0.1) is 0 Å². The van der Waals surface area contributed by atoms with Crippen LogP contribution in [0.3, 0.4) is 0 Å². The fraction of sp³-hybridized carbons (Fsp3) is 0.116. The van der Waals surface area contributed by atoms with Crippen LogP contribution < -0.4 is 18.3 Å². The van der Waals surface area contributed by atoms with Crippen LogP contribution in [-0.2, 0) is 13.1 Å². The quantitative estimate of drug-likeness (QED) is 0.158. The summed E-state index contributed by atoms with van der Waals surface area (Å²) in [6.45, 7) is 5.93. The fourth-order valence-electron chi connectivity index (χ4n) is 6.04. The van der Waals surface area contributed by atoms with E-state index in [4.69, 9.17) is 0 Å². The van der Waals surface area contributed by atoms with E-state index in [1.165, 1.54) is 55.9 Å². The highest BCUT2D eigenvalue weighted by atomic mass is 15.0. The number of para-hydroxylation sites is 2. The van der Waals surface area contributed by atoms with Crippen LogP contribution in [0.4, 0.5) is 0 Å². The van der Waals surface area contributed by atoms with Crippen molar-refractivity contribution in [2.75, 3.05) is 0 Å². The van der Waals surface area contributed by atoms with Gasteiger partial charge in [-0.2, -0.15) is 9.13 Å². The standard InChI is InChI=1S/C42H38N4.CH4/c1-33-9-3-7-13-41(33)45-27-19-37(20-28-45)35-15-23-43(24-16-35)31-39-11-5-6-12-40(39)32-44-25-17-36(18-26-44)38-21-29-46(30-22-38)42-14-8-4-10-34(42)2;/h3-30H,31-32H2,1-2H3;1H4/q+4;. The van der Waals surface area contributed by atoms with Gasteiger partial charge in [0.15, 0.2) is 62.7 Å². The lowest BCUT2D eigenvalue weighted by Gasteiger charge is -2.06. The van der Waals surface area contributed by atoms with Gasteiger partial charge in [0.1, 0.15) is 0 Å². The van der Waals surface area contributed by atoms with Crippen LogP contribution in [-0.4, -0.2) is 0 Å². The van der Waals surface area contributed by atoms with Crippen LogP contribution in [0.2, 0.25) is 0 Å². The third-order valence-electron chi connectivity index (χ3n) is 8.72. The molecule has 0 saturated heterocycles. The predicted octanol–water partition coefficient (Wildman–Crippen LogP) is 7.50. The molecule has 0 N–H and O–H groups in total. The van der Waals surface area contributed by atoms with Crippen LogP contribution in [0, 0.1) is 13.8 Å². The summed E-state index contributed by atoms with van der Waals surface area (Å²) in [5.74, 6) is 0. The molecule has 7 aromatic rings. The molecule has 0 aliphatic rings. The molecule has 4 aromatic heterocycles. The van der Waals surface area contributed by atoms with E-state index in [-0.39, 0.29) is 7.43 Å². The number of hydrogen-bond acceptors (Lipinski definition) is 0. The van der Waals surface area contributed by atoms with Gasteiger partial charge in [0.25, 0.3) is 0 Å². The summed E-state index contributed by atoms with van der Waals surface area (Å²) in [6.07, 6.45) is 17.3. The first-order chi connectivity index (χ1) is 22.6. The largest absolute Gasteiger partial charge is 0.213 e. The molecule has 0 unspecified atom stereocenters. The third kappa shape index (κ3) is 7.08. The van der Waals surface area contributed by atoms with E-state index in [1.54, 1.807) is 0 Å². The number of pyridine rings is 4. The molecule has 0 aliphatic heterocycles.